The van der Waals surface area contributed by atoms with Crippen LogP contribution in [0.2, 0.25) is 0 Å². The SMILES string of the molecule is CP(C)(C)=N[P+](C)(C)O[Si](c1ccccc1)(c1ccccc1)c1ccccc1. The van der Waals surface area contributed by atoms with Gasteiger partial charge in [-0.25, -0.2) is 4.21 Å². The molecule has 0 saturated carbocycles. The largest absolute Gasteiger partial charge is 0.347 e. The first-order valence-corrected chi connectivity index (χ1v) is 17.1. The van der Waals surface area contributed by atoms with E-state index < -0.39 is 23.0 Å². The van der Waals surface area contributed by atoms with Gasteiger partial charge >= 0.3 is 8.32 Å². The lowest BCUT2D eigenvalue weighted by Crippen LogP contribution is -2.68. The van der Waals surface area contributed by atoms with E-state index >= 15 is 0 Å². The van der Waals surface area contributed by atoms with E-state index in [0.29, 0.717) is 0 Å². The summed E-state index contributed by atoms with van der Waals surface area (Å²) in [6.45, 7) is 11.2. The van der Waals surface area contributed by atoms with Crippen molar-refractivity contribution in [2.75, 3.05) is 33.3 Å². The third-order valence-corrected chi connectivity index (χ3v) is 14.6. The van der Waals surface area contributed by atoms with Gasteiger partial charge in [0.2, 0.25) is 7.64 Å². The fraction of sp³-hybridized carbons (Fsp3) is 0.217. The van der Waals surface area contributed by atoms with Gasteiger partial charge in [0.05, 0.1) is 13.3 Å². The minimum Gasteiger partial charge on any atom is -0.243 e. The van der Waals surface area contributed by atoms with Crippen LogP contribution in [0.5, 0.6) is 0 Å². The molecule has 0 spiro atoms. The summed E-state index contributed by atoms with van der Waals surface area (Å²) in [6.07, 6.45) is 0. The molecular weight excluding hydrogens is 396 g/mol. The van der Waals surface area contributed by atoms with E-state index in [1.165, 1.54) is 15.6 Å². The standard InChI is InChI=1S/C23H30NOP2Si/c1-26(2,3)24-27(4,5)25-28(21-15-9-6-10-16-21,22-17-11-7-12-18-22)23-19-13-8-14-20-23/h6-20H,1-5H3/q+1. The number of benzene rings is 3. The number of nitrogens with zero attached hydrogens (tertiary/aromatic N) is 1. The van der Waals surface area contributed by atoms with Crippen molar-refractivity contribution < 1.29 is 4.21 Å². The first kappa shape index (κ1) is 21.2. The van der Waals surface area contributed by atoms with Crippen LogP contribution in [-0.4, -0.2) is 41.6 Å². The molecule has 3 rings (SSSR count). The maximum absolute atomic E-state index is 7.27. The summed E-state index contributed by atoms with van der Waals surface area (Å²) in [5, 5.41) is 3.80. The zero-order valence-corrected chi connectivity index (χ0v) is 20.2. The van der Waals surface area contributed by atoms with Gasteiger partial charge in [-0.2, -0.15) is 0 Å². The molecule has 0 aliphatic heterocycles. The lowest BCUT2D eigenvalue weighted by Gasteiger charge is -2.33. The van der Waals surface area contributed by atoms with Crippen molar-refractivity contribution in [1.29, 1.82) is 0 Å². The Hall–Kier alpha value is -1.50. The molecule has 28 heavy (non-hydrogen) atoms. The molecule has 0 aliphatic carbocycles. The molecule has 0 atom stereocenters. The van der Waals surface area contributed by atoms with Crippen LogP contribution in [0.15, 0.2) is 95.5 Å². The van der Waals surface area contributed by atoms with Crippen LogP contribution in [0, 0.1) is 0 Å². The molecule has 0 heterocycles. The molecule has 146 valence electrons. The van der Waals surface area contributed by atoms with Crippen LogP contribution in [0.25, 0.3) is 0 Å². The van der Waals surface area contributed by atoms with E-state index in [1.54, 1.807) is 0 Å². The average molecular weight is 427 g/mol. The monoisotopic (exact) mass is 426 g/mol. The minimum atomic E-state index is -2.69. The highest BCUT2D eigenvalue weighted by atomic mass is 31.2. The van der Waals surface area contributed by atoms with Crippen LogP contribution in [0.4, 0.5) is 0 Å². The molecule has 2 nitrogen and oxygen atoms in total. The summed E-state index contributed by atoms with van der Waals surface area (Å²) >= 11 is 0. The molecule has 0 amide bonds. The van der Waals surface area contributed by atoms with Gasteiger partial charge in [-0.1, -0.05) is 91.0 Å². The number of hydrogen-bond donors (Lipinski definition) is 0. The summed E-state index contributed by atoms with van der Waals surface area (Å²) in [6, 6.07) is 32.2. The van der Waals surface area contributed by atoms with Crippen molar-refractivity contribution in [2.24, 2.45) is 4.52 Å². The first-order valence-electron chi connectivity index (χ1n) is 9.50. The molecule has 0 aromatic heterocycles. The van der Waals surface area contributed by atoms with Gasteiger partial charge < -0.3 is 0 Å². The average Bonchev–Trinajstić information content (AvgIpc) is 2.66. The Morgan fingerprint density at radius 3 is 1.25 bits per heavy atom. The zero-order valence-electron chi connectivity index (χ0n) is 17.4. The van der Waals surface area contributed by atoms with E-state index in [9.17, 15) is 0 Å². The van der Waals surface area contributed by atoms with Crippen molar-refractivity contribution in [3.8, 4) is 0 Å². The second-order valence-electron chi connectivity index (χ2n) is 8.20. The van der Waals surface area contributed by atoms with Gasteiger partial charge in [-0.3, -0.25) is 0 Å². The van der Waals surface area contributed by atoms with E-state index in [1.807, 2.05) is 0 Å². The molecule has 0 radical (unpaired) electrons. The van der Waals surface area contributed by atoms with Gasteiger partial charge in [0.25, 0.3) is 0 Å². The molecular formula is C23H30NOP2Si+. The lowest BCUT2D eigenvalue weighted by molar-refractivity contribution is 0.630. The summed E-state index contributed by atoms with van der Waals surface area (Å²) in [5.74, 6) is 0. The third kappa shape index (κ3) is 4.91. The predicted octanol–water partition coefficient (Wildman–Crippen LogP) is 4.87. The van der Waals surface area contributed by atoms with Crippen LogP contribution < -0.4 is 15.6 Å². The molecule has 3 aromatic rings. The highest BCUT2D eigenvalue weighted by molar-refractivity contribution is 7.78. The Morgan fingerprint density at radius 1 is 0.643 bits per heavy atom. The first-order chi connectivity index (χ1) is 13.2. The Balaban J connectivity index is 2.32. The van der Waals surface area contributed by atoms with Crippen molar-refractivity contribution in [3.05, 3.63) is 91.0 Å². The Morgan fingerprint density at radius 2 is 0.964 bits per heavy atom. The van der Waals surface area contributed by atoms with Crippen molar-refractivity contribution in [3.63, 3.8) is 0 Å². The highest BCUT2D eigenvalue weighted by Gasteiger charge is 2.51. The minimum absolute atomic E-state index is 1.27. The van der Waals surface area contributed by atoms with Gasteiger partial charge in [0.15, 0.2) is 0 Å². The molecule has 0 bridgehead atoms. The van der Waals surface area contributed by atoms with Crippen LogP contribution in [0.3, 0.4) is 0 Å². The Bertz CT molecular complexity index is 849. The van der Waals surface area contributed by atoms with E-state index in [4.69, 9.17) is 8.73 Å². The Labute approximate surface area is 171 Å². The smallest absolute Gasteiger partial charge is 0.243 e. The summed E-state index contributed by atoms with van der Waals surface area (Å²) in [5.41, 5.74) is 0. The van der Waals surface area contributed by atoms with Crippen LogP contribution in [0.1, 0.15) is 0 Å². The van der Waals surface area contributed by atoms with Crippen LogP contribution >= 0.6 is 14.7 Å². The molecule has 0 unspecified atom stereocenters. The fourth-order valence-corrected chi connectivity index (χ4v) is 16.3. The molecule has 0 fully saturated rings. The van der Waals surface area contributed by atoms with Crippen LogP contribution in [-0.2, 0) is 4.21 Å². The van der Waals surface area contributed by atoms with E-state index in [2.05, 4.69) is 124 Å². The fourth-order valence-electron chi connectivity index (χ4n) is 3.68. The van der Waals surface area contributed by atoms with Crippen molar-refractivity contribution in [2.45, 2.75) is 0 Å². The van der Waals surface area contributed by atoms with Gasteiger partial charge in [-0.15, -0.1) is 4.52 Å². The molecule has 0 aliphatic rings. The molecule has 3 aromatic carbocycles. The highest BCUT2D eigenvalue weighted by Crippen LogP contribution is 2.63. The maximum Gasteiger partial charge on any atom is 0.347 e. The summed E-state index contributed by atoms with van der Waals surface area (Å²) < 4.78 is 12.5. The third-order valence-electron chi connectivity index (χ3n) is 4.39. The molecule has 0 N–H and O–H groups in total. The van der Waals surface area contributed by atoms with Gasteiger partial charge in [0, 0.05) is 7.05 Å². The number of rotatable bonds is 6. The maximum atomic E-state index is 7.27. The second-order valence-corrected chi connectivity index (χ2v) is 19.2. The Kier molecular flexibility index (Phi) is 6.42. The van der Waals surface area contributed by atoms with Gasteiger partial charge in [-0.05, 0) is 35.6 Å². The summed E-state index contributed by atoms with van der Waals surface area (Å²) in [4.78, 5) is 0. The quantitative estimate of drug-likeness (QED) is 0.313. The van der Waals surface area contributed by atoms with Crippen molar-refractivity contribution in [1.82, 2.24) is 0 Å². The van der Waals surface area contributed by atoms with E-state index in [-0.39, 0.29) is 0 Å². The number of hydrogen-bond acceptors (Lipinski definition) is 2. The normalized spacial score (nSPS) is 12.6. The lowest BCUT2D eigenvalue weighted by atomic mass is 10.3. The predicted molar refractivity (Wildman–Crippen MR) is 131 cm³/mol. The molecule has 5 heteroatoms. The topological polar surface area (TPSA) is 21.6 Å². The second kappa shape index (κ2) is 8.47. The van der Waals surface area contributed by atoms with E-state index in [0.717, 1.165) is 0 Å². The summed E-state index contributed by atoms with van der Waals surface area (Å²) in [7, 11) is -5.96. The van der Waals surface area contributed by atoms with Gasteiger partial charge in [0.1, 0.15) is 0 Å². The molecule has 0 saturated heterocycles. The zero-order chi connectivity index (χ0) is 20.3. The van der Waals surface area contributed by atoms with Crippen molar-refractivity contribution >= 4 is 38.6 Å².